The van der Waals surface area contributed by atoms with Crippen LogP contribution in [0, 0.1) is 23.7 Å². The maximum atomic E-state index is 13.2. The van der Waals surface area contributed by atoms with Crippen LogP contribution in [0.15, 0.2) is 12.2 Å². The molecule has 7 heteroatoms. The molecule has 0 bridgehead atoms. The molecule has 0 aromatic heterocycles. The second kappa shape index (κ2) is 8.42. The van der Waals surface area contributed by atoms with Gasteiger partial charge in [0.25, 0.3) is 0 Å². The maximum absolute atomic E-state index is 13.2. The van der Waals surface area contributed by atoms with Crippen LogP contribution in [-0.4, -0.2) is 59.5 Å². The Bertz CT molecular complexity index is 611. The Labute approximate surface area is 161 Å². The first kappa shape index (κ1) is 21.4. The largest absolute Gasteiger partial charge is 0.395 e. The molecule has 0 spiro atoms. The third-order valence-electron chi connectivity index (χ3n) is 5.39. The minimum absolute atomic E-state index is 0.0273. The van der Waals surface area contributed by atoms with Gasteiger partial charge < -0.3 is 20.6 Å². The number of allylic oxidation sites excluding steroid dienone is 1. The van der Waals surface area contributed by atoms with E-state index in [2.05, 4.69) is 17.6 Å². The van der Waals surface area contributed by atoms with Crippen molar-refractivity contribution in [2.75, 3.05) is 20.2 Å². The van der Waals surface area contributed by atoms with Crippen LogP contribution >= 0.6 is 0 Å². The first-order valence-corrected chi connectivity index (χ1v) is 9.79. The molecule has 0 unspecified atom stereocenters. The number of hydrogen-bond donors (Lipinski definition) is 3. The fraction of sp³-hybridized carbons (Fsp3) is 0.750. The van der Waals surface area contributed by atoms with E-state index in [1.54, 1.807) is 7.05 Å². The van der Waals surface area contributed by atoms with E-state index in [0.29, 0.717) is 0 Å². The van der Waals surface area contributed by atoms with Gasteiger partial charge in [0.05, 0.1) is 18.4 Å². The van der Waals surface area contributed by atoms with Crippen LogP contribution in [0.2, 0.25) is 0 Å². The Kier molecular flexibility index (Phi) is 6.68. The normalized spacial score (nSPS) is 30.2. The van der Waals surface area contributed by atoms with E-state index < -0.39 is 23.4 Å². The summed E-state index contributed by atoms with van der Waals surface area (Å²) in [4.78, 5) is 40.3. The third-order valence-corrected chi connectivity index (χ3v) is 5.39. The summed E-state index contributed by atoms with van der Waals surface area (Å²) in [5.74, 6) is -2.10. The van der Waals surface area contributed by atoms with Gasteiger partial charge in [0, 0.05) is 25.0 Å². The molecule has 0 radical (unpaired) electrons. The zero-order chi connectivity index (χ0) is 20.4. The number of nitrogens with zero attached hydrogens (tertiary/aromatic N) is 1. The van der Waals surface area contributed by atoms with Gasteiger partial charge in [-0.05, 0) is 33.1 Å². The summed E-state index contributed by atoms with van der Waals surface area (Å²) in [5.41, 5.74) is -0.438. The standard InChI is InChI=1S/C20H33N3O4/c1-6-7-12-8-9-13-15(14(12)17(25)21-5)19(27)23(10-11-24)16(13)18(26)22-20(2,3)4/h8-9,12-16,24H,6-7,10-11H2,1-5H3,(H,21,25)(H,22,26)/t12-,13+,14-,15+,16+/m1/s1. The Balaban J connectivity index is 2.45. The fourth-order valence-electron chi connectivity index (χ4n) is 4.42. The van der Waals surface area contributed by atoms with Crippen molar-refractivity contribution in [1.29, 1.82) is 0 Å². The lowest BCUT2D eigenvalue weighted by Gasteiger charge is -2.34. The first-order valence-electron chi connectivity index (χ1n) is 9.79. The number of carbonyl (C=O) groups excluding carboxylic acids is 3. The predicted molar refractivity (Wildman–Crippen MR) is 103 cm³/mol. The summed E-state index contributed by atoms with van der Waals surface area (Å²) in [6.07, 6.45) is 5.65. The Morgan fingerprint density at radius 3 is 2.41 bits per heavy atom. The van der Waals surface area contributed by atoms with Crippen molar-refractivity contribution in [2.45, 2.75) is 52.1 Å². The van der Waals surface area contributed by atoms with Gasteiger partial charge in [0.1, 0.15) is 6.04 Å². The van der Waals surface area contributed by atoms with Gasteiger partial charge in [-0.15, -0.1) is 0 Å². The number of hydrogen-bond acceptors (Lipinski definition) is 4. The molecule has 1 aliphatic heterocycles. The second-order valence-corrected chi connectivity index (χ2v) is 8.52. The van der Waals surface area contributed by atoms with Gasteiger partial charge in [-0.2, -0.15) is 0 Å². The maximum Gasteiger partial charge on any atom is 0.243 e. The Morgan fingerprint density at radius 1 is 1.22 bits per heavy atom. The third kappa shape index (κ3) is 4.34. The van der Waals surface area contributed by atoms with Crippen molar-refractivity contribution in [2.24, 2.45) is 23.7 Å². The SMILES string of the molecule is CCC[C@@H]1C=C[C@H]2[C@H](C(=O)N(CCO)[C@@H]2C(=O)NC(C)(C)C)[C@@H]1C(=O)NC. The quantitative estimate of drug-likeness (QED) is 0.591. The molecule has 2 aliphatic rings. The molecule has 152 valence electrons. The van der Waals surface area contributed by atoms with Gasteiger partial charge in [0.2, 0.25) is 17.7 Å². The van der Waals surface area contributed by atoms with Crippen LogP contribution < -0.4 is 10.6 Å². The van der Waals surface area contributed by atoms with E-state index in [9.17, 15) is 19.5 Å². The minimum atomic E-state index is -0.708. The number of carbonyl (C=O) groups is 3. The van der Waals surface area contributed by atoms with Gasteiger partial charge >= 0.3 is 0 Å². The molecular formula is C20H33N3O4. The zero-order valence-electron chi connectivity index (χ0n) is 17.0. The molecule has 27 heavy (non-hydrogen) atoms. The number of fused-ring (bicyclic) bond motifs is 1. The van der Waals surface area contributed by atoms with E-state index in [0.717, 1.165) is 12.8 Å². The number of aliphatic hydroxyl groups excluding tert-OH is 1. The monoisotopic (exact) mass is 379 g/mol. The van der Waals surface area contributed by atoms with Crippen molar-refractivity contribution in [3.63, 3.8) is 0 Å². The van der Waals surface area contributed by atoms with E-state index in [1.807, 2.05) is 32.9 Å². The molecule has 0 aromatic carbocycles. The topological polar surface area (TPSA) is 98.7 Å². The summed E-state index contributed by atoms with van der Waals surface area (Å²) in [6.45, 7) is 7.57. The summed E-state index contributed by atoms with van der Waals surface area (Å²) >= 11 is 0. The molecule has 2 rings (SSSR count). The highest BCUT2D eigenvalue weighted by Crippen LogP contribution is 2.45. The van der Waals surface area contributed by atoms with Crippen molar-refractivity contribution in [3.8, 4) is 0 Å². The summed E-state index contributed by atoms with van der Waals surface area (Å²) in [5, 5.41) is 15.1. The van der Waals surface area contributed by atoms with Crippen molar-refractivity contribution in [1.82, 2.24) is 15.5 Å². The van der Waals surface area contributed by atoms with Gasteiger partial charge in [-0.1, -0.05) is 25.5 Å². The average Bonchev–Trinajstić information content (AvgIpc) is 2.86. The molecule has 7 nitrogen and oxygen atoms in total. The molecule has 5 atom stereocenters. The van der Waals surface area contributed by atoms with Crippen molar-refractivity contribution >= 4 is 17.7 Å². The molecular weight excluding hydrogens is 346 g/mol. The lowest BCUT2D eigenvalue weighted by Crippen LogP contribution is -2.53. The Morgan fingerprint density at radius 2 is 1.89 bits per heavy atom. The average molecular weight is 380 g/mol. The lowest BCUT2D eigenvalue weighted by molar-refractivity contribution is -0.141. The number of β-amino-alcohol motifs (C(OH)–C–C–N with tert-alkyl or cyclic N) is 1. The number of rotatable bonds is 6. The van der Waals surface area contributed by atoms with E-state index in [4.69, 9.17) is 0 Å². The molecule has 1 heterocycles. The molecule has 3 N–H and O–H groups in total. The first-order chi connectivity index (χ1) is 12.7. The van der Waals surface area contributed by atoms with Gasteiger partial charge in [0.15, 0.2) is 0 Å². The number of aliphatic hydroxyl groups is 1. The van der Waals surface area contributed by atoms with Crippen LogP contribution in [0.5, 0.6) is 0 Å². The molecule has 1 saturated heterocycles. The minimum Gasteiger partial charge on any atom is -0.395 e. The van der Waals surface area contributed by atoms with Crippen LogP contribution in [0.25, 0.3) is 0 Å². The van der Waals surface area contributed by atoms with Crippen molar-refractivity contribution in [3.05, 3.63) is 12.2 Å². The summed E-state index contributed by atoms with van der Waals surface area (Å²) < 4.78 is 0. The van der Waals surface area contributed by atoms with Gasteiger partial charge in [-0.3, -0.25) is 14.4 Å². The fourth-order valence-corrected chi connectivity index (χ4v) is 4.42. The van der Waals surface area contributed by atoms with E-state index in [1.165, 1.54) is 4.90 Å². The number of likely N-dealkylation sites (tertiary alicyclic amines) is 1. The predicted octanol–water partition coefficient (Wildman–Crippen LogP) is 0.685. The zero-order valence-corrected chi connectivity index (χ0v) is 17.0. The highest BCUT2D eigenvalue weighted by atomic mass is 16.3. The molecule has 1 fully saturated rings. The smallest absolute Gasteiger partial charge is 0.243 e. The van der Waals surface area contributed by atoms with E-state index in [-0.39, 0.29) is 42.7 Å². The van der Waals surface area contributed by atoms with Crippen LogP contribution in [0.4, 0.5) is 0 Å². The van der Waals surface area contributed by atoms with Crippen molar-refractivity contribution < 1.29 is 19.5 Å². The summed E-state index contributed by atoms with van der Waals surface area (Å²) in [6, 6.07) is -0.708. The molecule has 0 aromatic rings. The second-order valence-electron chi connectivity index (χ2n) is 8.52. The van der Waals surface area contributed by atoms with Crippen LogP contribution in [0.1, 0.15) is 40.5 Å². The molecule has 1 aliphatic carbocycles. The molecule has 3 amide bonds. The highest BCUT2D eigenvalue weighted by molar-refractivity contribution is 5.96. The summed E-state index contributed by atoms with van der Waals surface area (Å²) in [7, 11) is 1.58. The van der Waals surface area contributed by atoms with Gasteiger partial charge in [-0.25, -0.2) is 0 Å². The van der Waals surface area contributed by atoms with Crippen LogP contribution in [-0.2, 0) is 14.4 Å². The lowest BCUT2D eigenvalue weighted by atomic mass is 9.68. The molecule has 0 saturated carbocycles. The number of nitrogens with one attached hydrogen (secondary N) is 2. The highest BCUT2D eigenvalue weighted by Gasteiger charge is 2.56. The number of amides is 3. The Hall–Kier alpha value is -1.89. The van der Waals surface area contributed by atoms with Crippen LogP contribution in [0.3, 0.4) is 0 Å². The van der Waals surface area contributed by atoms with E-state index >= 15 is 0 Å².